The van der Waals surface area contributed by atoms with Crippen molar-refractivity contribution in [2.24, 2.45) is 0 Å². The van der Waals surface area contributed by atoms with Crippen LogP contribution in [0, 0.1) is 6.92 Å². The number of carbonyl (C=O) groups is 1. The van der Waals surface area contributed by atoms with Crippen LogP contribution in [0.2, 0.25) is 0 Å². The summed E-state index contributed by atoms with van der Waals surface area (Å²) >= 11 is 0. The molecule has 0 radical (unpaired) electrons. The lowest BCUT2D eigenvalue weighted by atomic mass is 10.3. The van der Waals surface area contributed by atoms with E-state index in [0.29, 0.717) is 5.82 Å². The molecule has 13 heavy (non-hydrogen) atoms. The van der Waals surface area contributed by atoms with Crippen LogP contribution in [-0.2, 0) is 4.79 Å². The van der Waals surface area contributed by atoms with E-state index in [9.17, 15) is 4.79 Å². The van der Waals surface area contributed by atoms with Crippen LogP contribution >= 0.6 is 0 Å². The zero-order valence-electron chi connectivity index (χ0n) is 7.19. The van der Waals surface area contributed by atoms with Crippen molar-refractivity contribution in [3.63, 3.8) is 0 Å². The summed E-state index contributed by atoms with van der Waals surface area (Å²) in [6, 6.07) is 3.67. The Morgan fingerprint density at radius 1 is 1.62 bits per heavy atom. The van der Waals surface area contributed by atoms with Gasteiger partial charge in [0, 0.05) is 18.5 Å². The predicted molar refractivity (Wildman–Crippen MR) is 49.4 cm³/mol. The molecule has 0 unspecified atom stereocenters. The van der Waals surface area contributed by atoms with Crippen LogP contribution in [0.3, 0.4) is 0 Å². The topological polar surface area (TPSA) is 62.2 Å². The van der Waals surface area contributed by atoms with Crippen molar-refractivity contribution in [3.8, 4) is 0 Å². The zero-order valence-corrected chi connectivity index (χ0v) is 7.19. The minimum absolute atomic E-state index is 0.628. The summed E-state index contributed by atoms with van der Waals surface area (Å²) < 4.78 is 0. The van der Waals surface area contributed by atoms with Gasteiger partial charge >= 0.3 is 5.97 Å². The predicted octanol–water partition coefficient (Wildman–Crippen LogP) is 1.40. The molecule has 0 saturated carbocycles. The first-order valence-electron chi connectivity index (χ1n) is 3.77. The first-order chi connectivity index (χ1) is 6.18. The summed E-state index contributed by atoms with van der Waals surface area (Å²) in [4.78, 5) is 14.1. The van der Waals surface area contributed by atoms with E-state index in [1.807, 2.05) is 13.0 Å². The maximum absolute atomic E-state index is 10.1. The van der Waals surface area contributed by atoms with Gasteiger partial charge in [0.2, 0.25) is 0 Å². The van der Waals surface area contributed by atoms with Crippen molar-refractivity contribution in [2.75, 3.05) is 5.32 Å². The van der Waals surface area contributed by atoms with Gasteiger partial charge in [-0.2, -0.15) is 0 Å². The molecule has 1 aromatic heterocycles. The Balaban J connectivity index is 2.55. The van der Waals surface area contributed by atoms with Gasteiger partial charge < -0.3 is 10.4 Å². The average Bonchev–Trinajstić information content (AvgIpc) is 2.08. The Labute approximate surface area is 75.9 Å². The van der Waals surface area contributed by atoms with Crippen LogP contribution in [0.5, 0.6) is 0 Å². The smallest absolute Gasteiger partial charge is 0.329 e. The molecule has 0 spiro atoms. The van der Waals surface area contributed by atoms with Gasteiger partial charge in [0.05, 0.1) is 0 Å². The quantitative estimate of drug-likeness (QED) is 0.687. The molecule has 1 aromatic rings. The highest BCUT2D eigenvalue weighted by atomic mass is 16.4. The number of hydrogen-bond acceptors (Lipinski definition) is 3. The third-order valence-electron chi connectivity index (χ3n) is 1.37. The van der Waals surface area contributed by atoms with Crippen LogP contribution in [0.4, 0.5) is 5.82 Å². The van der Waals surface area contributed by atoms with Crippen molar-refractivity contribution in [1.82, 2.24) is 4.98 Å². The molecule has 0 saturated heterocycles. The number of carboxylic acid groups (broad SMARTS) is 1. The van der Waals surface area contributed by atoms with Crippen LogP contribution in [0.15, 0.2) is 30.6 Å². The number of nitrogens with one attached hydrogen (secondary N) is 1. The molecule has 4 nitrogen and oxygen atoms in total. The maximum Gasteiger partial charge on any atom is 0.329 e. The lowest BCUT2D eigenvalue weighted by Gasteiger charge is -1.98. The number of pyridine rings is 1. The van der Waals surface area contributed by atoms with Gasteiger partial charge in [-0.05, 0) is 18.6 Å². The number of hydrogen-bond donors (Lipinski definition) is 2. The standard InChI is InChI=1S/C9H10N2O2/c1-7-2-3-8(11-6-7)10-5-4-9(12)13/h2-6H,1H3,(H,10,11)(H,12,13). The first-order valence-corrected chi connectivity index (χ1v) is 3.77. The highest BCUT2D eigenvalue weighted by Crippen LogP contribution is 2.02. The summed E-state index contributed by atoms with van der Waals surface area (Å²) in [5.74, 6) is -0.359. The molecule has 4 heteroatoms. The molecule has 1 heterocycles. The number of aryl methyl sites for hydroxylation is 1. The summed E-state index contributed by atoms with van der Waals surface area (Å²) in [5, 5.41) is 11.0. The molecule has 68 valence electrons. The van der Waals surface area contributed by atoms with E-state index in [1.54, 1.807) is 12.3 Å². The number of rotatable bonds is 3. The molecule has 1 rings (SSSR count). The Kier molecular flexibility index (Phi) is 3.03. The Morgan fingerprint density at radius 3 is 2.92 bits per heavy atom. The number of carboxylic acids is 1. The Morgan fingerprint density at radius 2 is 2.38 bits per heavy atom. The fourth-order valence-corrected chi connectivity index (χ4v) is 0.752. The minimum atomic E-state index is -0.986. The molecule has 0 aliphatic carbocycles. The minimum Gasteiger partial charge on any atom is -0.478 e. The number of aliphatic carboxylic acids is 1. The lowest BCUT2D eigenvalue weighted by molar-refractivity contribution is -0.131. The van der Waals surface area contributed by atoms with Crippen molar-refractivity contribution in [1.29, 1.82) is 0 Å². The second-order valence-corrected chi connectivity index (χ2v) is 2.54. The van der Waals surface area contributed by atoms with Crippen LogP contribution in [0.1, 0.15) is 5.56 Å². The Hall–Kier alpha value is -1.84. The number of aromatic nitrogens is 1. The van der Waals surface area contributed by atoms with E-state index in [2.05, 4.69) is 10.3 Å². The summed E-state index contributed by atoms with van der Waals surface area (Å²) in [6.45, 7) is 1.93. The molecular weight excluding hydrogens is 168 g/mol. The van der Waals surface area contributed by atoms with Crippen molar-refractivity contribution >= 4 is 11.8 Å². The molecule has 0 aliphatic heterocycles. The number of anilines is 1. The summed E-state index contributed by atoms with van der Waals surface area (Å²) in [6.07, 6.45) is 4.05. The largest absolute Gasteiger partial charge is 0.478 e. The molecule has 0 atom stereocenters. The van der Waals surface area contributed by atoms with Gasteiger partial charge in [0.25, 0.3) is 0 Å². The first kappa shape index (κ1) is 9.25. The van der Waals surface area contributed by atoms with E-state index < -0.39 is 5.97 Å². The monoisotopic (exact) mass is 178 g/mol. The molecular formula is C9H10N2O2. The van der Waals surface area contributed by atoms with Gasteiger partial charge in [-0.1, -0.05) is 6.07 Å². The molecule has 0 fully saturated rings. The lowest BCUT2D eigenvalue weighted by Crippen LogP contribution is -1.94. The zero-order chi connectivity index (χ0) is 9.68. The van der Waals surface area contributed by atoms with Crippen LogP contribution < -0.4 is 5.32 Å². The fourth-order valence-electron chi connectivity index (χ4n) is 0.752. The van der Waals surface area contributed by atoms with E-state index in [0.717, 1.165) is 11.6 Å². The van der Waals surface area contributed by atoms with Crippen molar-refractivity contribution < 1.29 is 9.90 Å². The highest BCUT2D eigenvalue weighted by Gasteiger charge is 1.89. The van der Waals surface area contributed by atoms with E-state index in [1.165, 1.54) is 6.20 Å². The summed E-state index contributed by atoms with van der Waals surface area (Å²) in [5.41, 5.74) is 1.06. The van der Waals surface area contributed by atoms with E-state index in [-0.39, 0.29) is 0 Å². The third kappa shape index (κ3) is 3.37. The van der Waals surface area contributed by atoms with E-state index >= 15 is 0 Å². The summed E-state index contributed by atoms with van der Waals surface area (Å²) in [7, 11) is 0. The molecule has 0 aromatic carbocycles. The Bertz CT molecular complexity index is 317. The molecule has 2 N–H and O–H groups in total. The van der Waals surface area contributed by atoms with Crippen LogP contribution in [-0.4, -0.2) is 16.1 Å². The van der Waals surface area contributed by atoms with Gasteiger partial charge in [-0.15, -0.1) is 0 Å². The third-order valence-corrected chi connectivity index (χ3v) is 1.37. The fraction of sp³-hybridized carbons (Fsp3) is 0.111. The highest BCUT2D eigenvalue weighted by molar-refractivity contribution is 5.80. The SMILES string of the molecule is Cc1ccc(NC=CC(=O)O)nc1. The van der Waals surface area contributed by atoms with Crippen molar-refractivity contribution in [3.05, 3.63) is 36.2 Å². The second kappa shape index (κ2) is 4.25. The van der Waals surface area contributed by atoms with Gasteiger partial charge in [-0.3, -0.25) is 0 Å². The molecule has 0 bridgehead atoms. The normalized spacial score (nSPS) is 10.2. The van der Waals surface area contributed by atoms with Crippen LogP contribution in [0.25, 0.3) is 0 Å². The molecule has 0 amide bonds. The average molecular weight is 178 g/mol. The van der Waals surface area contributed by atoms with Crippen molar-refractivity contribution in [2.45, 2.75) is 6.92 Å². The molecule has 0 aliphatic rings. The van der Waals surface area contributed by atoms with E-state index in [4.69, 9.17) is 5.11 Å². The second-order valence-electron chi connectivity index (χ2n) is 2.54. The van der Waals surface area contributed by atoms with Gasteiger partial charge in [0.1, 0.15) is 5.82 Å². The maximum atomic E-state index is 10.1. The number of nitrogens with zero attached hydrogens (tertiary/aromatic N) is 1. The van der Waals surface area contributed by atoms with Gasteiger partial charge in [-0.25, -0.2) is 9.78 Å². The van der Waals surface area contributed by atoms with Gasteiger partial charge in [0.15, 0.2) is 0 Å².